The molecule has 2 heterocycles. The molecule has 0 radical (unpaired) electrons. The van der Waals surface area contributed by atoms with Crippen LogP contribution in [-0.2, 0) is 4.79 Å². The lowest BCUT2D eigenvalue weighted by Gasteiger charge is -2.22. The monoisotopic (exact) mass is 468 g/mol. The molecule has 1 atom stereocenters. The minimum Gasteiger partial charge on any atom is -0.497 e. The highest BCUT2D eigenvalue weighted by Gasteiger charge is 2.33. The Hall–Kier alpha value is -3.71. The van der Waals surface area contributed by atoms with Crippen LogP contribution in [0.4, 0.5) is 0 Å². The molecule has 4 aromatic rings. The van der Waals surface area contributed by atoms with E-state index in [1.165, 1.54) is 17.3 Å². The minimum atomic E-state index is -0.145. The number of hydrazone groups is 1. The maximum Gasteiger partial charge on any atom is 0.253 e. The zero-order chi connectivity index (χ0) is 23.5. The Kier molecular flexibility index (Phi) is 6.27. The van der Waals surface area contributed by atoms with Crippen LogP contribution < -0.4 is 4.74 Å². The molecule has 3 aromatic carbocycles. The quantitative estimate of drug-likeness (QED) is 0.279. The van der Waals surface area contributed by atoms with Gasteiger partial charge >= 0.3 is 0 Å². The van der Waals surface area contributed by atoms with Gasteiger partial charge < -0.3 is 4.74 Å². The first-order valence-electron chi connectivity index (χ1n) is 11.1. The van der Waals surface area contributed by atoms with Crippen LogP contribution in [0.5, 0.6) is 5.75 Å². The second kappa shape index (κ2) is 9.65. The lowest BCUT2D eigenvalue weighted by atomic mass is 9.97. The summed E-state index contributed by atoms with van der Waals surface area (Å²) >= 11 is 1.42. The normalized spacial score (nSPS) is 15.4. The Morgan fingerprint density at radius 2 is 1.79 bits per heavy atom. The smallest absolute Gasteiger partial charge is 0.253 e. The first kappa shape index (κ1) is 22.1. The van der Waals surface area contributed by atoms with Gasteiger partial charge in [0, 0.05) is 11.8 Å². The van der Waals surface area contributed by atoms with Crippen LogP contribution in [0.25, 0.3) is 10.9 Å². The summed E-state index contributed by atoms with van der Waals surface area (Å²) < 4.78 is 5.28. The van der Waals surface area contributed by atoms with Crippen molar-refractivity contribution >= 4 is 34.3 Å². The van der Waals surface area contributed by atoms with Crippen molar-refractivity contribution in [3.05, 3.63) is 95.8 Å². The predicted molar refractivity (Wildman–Crippen MR) is 135 cm³/mol. The van der Waals surface area contributed by atoms with Gasteiger partial charge in [-0.25, -0.2) is 15.0 Å². The fourth-order valence-corrected chi connectivity index (χ4v) is 4.88. The first-order valence-corrected chi connectivity index (χ1v) is 12.0. The van der Waals surface area contributed by atoms with Gasteiger partial charge in [-0.1, -0.05) is 59.8 Å². The van der Waals surface area contributed by atoms with Crippen LogP contribution in [0, 0.1) is 6.92 Å². The number of carbonyl (C=O) groups excluding carboxylic acids is 1. The number of methoxy groups -OCH3 is 1. The fourth-order valence-electron chi connectivity index (χ4n) is 4.04. The van der Waals surface area contributed by atoms with Crippen molar-refractivity contribution in [3.63, 3.8) is 0 Å². The number of thioether (sulfide) groups is 1. The van der Waals surface area contributed by atoms with Crippen molar-refractivity contribution in [2.75, 3.05) is 12.9 Å². The second-order valence-electron chi connectivity index (χ2n) is 8.13. The molecule has 1 aliphatic heterocycles. The Labute approximate surface area is 202 Å². The summed E-state index contributed by atoms with van der Waals surface area (Å²) in [6, 6.07) is 23.8. The predicted octanol–water partition coefficient (Wildman–Crippen LogP) is 5.42. The van der Waals surface area contributed by atoms with Gasteiger partial charge in [0.05, 0.1) is 30.1 Å². The van der Waals surface area contributed by atoms with Crippen molar-refractivity contribution in [2.45, 2.75) is 24.4 Å². The molecule has 0 fully saturated rings. The fraction of sp³-hybridized carbons (Fsp3) is 0.185. The average molecular weight is 469 g/mol. The summed E-state index contributed by atoms with van der Waals surface area (Å²) in [4.78, 5) is 22.1. The Morgan fingerprint density at radius 1 is 1.03 bits per heavy atom. The van der Waals surface area contributed by atoms with E-state index in [4.69, 9.17) is 9.84 Å². The van der Waals surface area contributed by atoms with Gasteiger partial charge in [0.25, 0.3) is 5.91 Å². The summed E-state index contributed by atoms with van der Waals surface area (Å²) in [7, 11) is 1.65. The molecule has 0 N–H and O–H groups in total. The van der Waals surface area contributed by atoms with Crippen LogP contribution in [0.15, 0.2) is 89.3 Å². The zero-order valence-corrected chi connectivity index (χ0v) is 19.8. The Balaban J connectivity index is 1.41. The van der Waals surface area contributed by atoms with Crippen LogP contribution in [0.2, 0.25) is 0 Å². The molecule has 0 saturated carbocycles. The average Bonchev–Trinajstić information content (AvgIpc) is 3.33. The highest BCUT2D eigenvalue weighted by atomic mass is 32.2. The molecule has 7 heteroatoms. The highest BCUT2D eigenvalue weighted by Crippen LogP contribution is 2.34. The number of nitrogens with zero attached hydrogens (tertiary/aromatic N) is 4. The van der Waals surface area contributed by atoms with E-state index in [1.54, 1.807) is 18.4 Å². The molecule has 170 valence electrons. The third kappa shape index (κ3) is 4.52. The van der Waals surface area contributed by atoms with Crippen LogP contribution in [-0.4, -0.2) is 39.5 Å². The van der Waals surface area contributed by atoms with Crippen LogP contribution in [0.1, 0.15) is 29.2 Å². The zero-order valence-electron chi connectivity index (χ0n) is 19.0. The van der Waals surface area contributed by atoms with Gasteiger partial charge in [-0.2, -0.15) is 5.10 Å². The third-order valence-electron chi connectivity index (χ3n) is 5.89. The Morgan fingerprint density at radius 3 is 2.56 bits per heavy atom. The van der Waals surface area contributed by atoms with Gasteiger partial charge in [-0.05, 0) is 48.4 Å². The van der Waals surface area contributed by atoms with Crippen molar-refractivity contribution in [3.8, 4) is 5.75 Å². The highest BCUT2D eigenvalue weighted by molar-refractivity contribution is 8.00. The van der Waals surface area contributed by atoms with Gasteiger partial charge in [0.2, 0.25) is 0 Å². The molecule has 0 unspecified atom stereocenters. The number of amides is 1. The largest absolute Gasteiger partial charge is 0.497 e. The van der Waals surface area contributed by atoms with Gasteiger partial charge in [-0.15, -0.1) is 0 Å². The van der Waals surface area contributed by atoms with E-state index in [0.717, 1.165) is 38.5 Å². The molecular formula is C27H24N4O2S. The maximum atomic E-state index is 13.4. The number of benzene rings is 3. The second-order valence-corrected chi connectivity index (χ2v) is 9.09. The maximum absolute atomic E-state index is 13.4. The van der Waals surface area contributed by atoms with E-state index in [-0.39, 0.29) is 17.7 Å². The van der Waals surface area contributed by atoms with Gasteiger partial charge in [-0.3, -0.25) is 4.79 Å². The molecule has 0 bridgehead atoms. The van der Waals surface area contributed by atoms with Gasteiger partial charge in [0.1, 0.15) is 17.1 Å². The molecular weight excluding hydrogens is 444 g/mol. The summed E-state index contributed by atoms with van der Waals surface area (Å²) in [5, 5.41) is 8.16. The van der Waals surface area contributed by atoms with Crippen molar-refractivity contribution in [1.29, 1.82) is 0 Å². The number of carbonyl (C=O) groups is 1. The molecule has 0 saturated heterocycles. The number of aryl methyl sites for hydroxylation is 1. The molecule has 1 aliphatic rings. The molecule has 1 amide bonds. The summed E-state index contributed by atoms with van der Waals surface area (Å²) in [6.07, 6.45) is 2.20. The summed E-state index contributed by atoms with van der Waals surface area (Å²) in [5.74, 6) is 0.976. The van der Waals surface area contributed by atoms with Gasteiger partial charge in [0.15, 0.2) is 0 Å². The third-order valence-corrected chi connectivity index (χ3v) is 6.88. The van der Waals surface area contributed by atoms with E-state index >= 15 is 0 Å². The summed E-state index contributed by atoms with van der Waals surface area (Å²) in [5.41, 5.74) is 5.00. The lowest BCUT2D eigenvalue weighted by molar-refractivity contribution is -0.130. The number of rotatable bonds is 6. The van der Waals surface area contributed by atoms with Crippen LogP contribution >= 0.6 is 11.8 Å². The number of fused-ring (bicyclic) bond motifs is 1. The van der Waals surface area contributed by atoms with E-state index in [0.29, 0.717) is 6.42 Å². The van der Waals surface area contributed by atoms with E-state index in [9.17, 15) is 4.79 Å². The topological polar surface area (TPSA) is 67.7 Å². The van der Waals surface area contributed by atoms with Crippen molar-refractivity contribution < 1.29 is 9.53 Å². The molecule has 34 heavy (non-hydrogen) atoms. The van der Waals surface area contributed by atoms with Crippen molar-refractivity contribution in [1.82, 2.24) is 15.0 Å². The minimum absolute atomic E-state index is 0.0539. The summed E-state index contributed by atoms with van der Waals surface area (Å²) in [6.45, 7) is 2.06. The van der Waals surface area contributed by atoms with E-state index < -0.39 is 0 Å². The van der Waals surface area contributed by atoms with Crippen molar-refractivity contribution in [2.24, 2.45) is 5.10 Å². The molecule has 1 aromatic heterocycles. The molecule has 0 aliphatic carbocycles. The SMILES string of the molecule is COc1ccc(C2=NN(C(=O)CSc3ncnc4ccccc34)[C@@H](c3ccc(C)cc3)C2)cc1. The van der Waals surface area contributed by atoms with E-state index in [1.807, 2.05) is 48.5 Å². The lowest BCUT2D eigenvalue weighted by Crippen LogP contribution is -2.28. The first-order chi connectivity index (χ1) is 16.6. The number of para-hydroxylation sites is 1. The van der Waals surface area contributed by atoms with Crippen LogP contribution in [0.3, 0.4) is 0 Å². The number of hydrogen-bond acceptors (Lipinski definition) is 6. The standard InChI is InChI=1S/C27H24N4O2S/c1-18-7-9-20(10-8-18)25-15-24(19-11-13-21(33-2)14-12-19)30-31(25)26(32)16-34-27-22-5-3-4-6-23(22)28-17-29-27/h3-14,17,25H,15-16H2,1-2H3/t25-/m1/s1. The number of ether oxygens (including phenoxy) is 1. The molecule has 5 rings (SSSR count). The number of aromatic nitrogens is 2. The molecule has 6 nitrogen and oxygen atoms in total. The molecule has 0 spiro atoms. The van der Waals surface area contributed by atoms with E-state index in [2.05, 4.69) is 41.2 Å². The Bertz CT molecular complexity index is 1350. The number of hydrogen-bond donors (Lipinski definition) is 0.